The smallest absolute Gasteiger partial charge is 0.107 e. The second-order valence-electron chi connectivity index (χ2n) is 7.77. The summed E-state index contributed by atoms with van der Waals surface area (Å²) in [5.74, 6) is 0. The van der Waals surface area contributed by atoms with Crippen molar-refractivity contribution in [3.63, 3.8) is 0 Å². The molecule has 0 aromatic carbocycles. The summed E-state index contributed by atoms with van der Waals surface area (Å²) < 4.78 is 37.3. The third-order valence-electron chi connectivity index (χ3n) is 4.93. The van der Waals surface area contributed by atoms with Crippen molar-refractivity contribution >= 4 is 0 Å². The Labute approximate surface area is 174 Å². The first kappa shape index (κ1) is 22.9. The number of rotatable bonds is 17. The molecule has 4 aliphatic rings. The molecule has 7 heteroatoms. The molecule has 166 valence electrons. The van der Waals surface area contributed by atoms with Crippen LogP contribution in [0, 0.1) is 0 Å². The molecular weight excluding hydrogens is 376 g/mol. The Morgan fingerprint density at radius 1 is 0.724 bits per heavy atom. The lowest BCUT2D eigenvalue weighted by molar-refractivity contribution is -0.0343. The molecule has 0 radical (unpaired) electrons. The summed E-state index contributed by atoms with van der Waals surface area (Å²) in [7, 11) is 0. The topological polar surface area (TPSA) is 77.8 Å². The maximum absolute atomic E-state index is 5.99. The number of unbranched alkanes of at least 4 members (excludes halogenated alkanes) is 1. The lowest BCUT2D eigenvalue weighted by Crippen LogP contribution is -2.29. The molecule has 0 aromatic rings. The molecule has 0 bridgehead atoms. The molecule has 0 aromatic heterocycles. The van der Waals surface area contributed by atoms with Crippen LogP contribution in [-0.4, -0.2) is 89.5 Å². The van der Waals surface area contributed by atoms with Gasteiger partial charge in [-0.05, 0) is 25.7 Å². The average Bonchev–Trinajstić information content (AvgIpc) is 3.59. The minimum atomic E-state index is 0.136. The minimum absolute atomic E-state index is 0.136. The molecule has 4 rings (SSSR count). The standard InChI is InChI=1S/C12H18O3.C10H18O4/c1-3-5-9(11-7-13-11)15-10(6-4-2)12-8-14-12;1(3-11-5-9-7-13-9)2-4-12-6-10-8-14-10/h3-4,9-12H,1-2,5-8H2;9-10H,1-8H2. The van der Waals surface area contributed by atoms with Gasteiger partial charge in [-0.1, -0.05) is 12.2 Å². The van der Waals surface area contributed by atoms with Gasteiger partial charge in [-0.15, -0.1) is 13.2 Å². The van der Waals surface area contributed by atoms with Gasteiger partial charge in [0.25, 0.3) is 0 Å². The second-order valence-corrected chi connectivity index (χ2v) is 7.77. The zero-order chi connectivity index (χ0) is 20.3. The highest BCUT2D eigenvalue weighted by Gasteiger charge is 2.39. The van der Waals surface area contributed by atoms with Crippen molar-refractivity contribution in [1.82, 2.24) is 0 Å². The van der Waals surface area contributed by atoms with Crippen molar-refractivity contribution in [2.24, 2.45) is 0 Å². The van der Waals surface area contributed by atoms with Crippen LogP contribution in [-0.2, 0) is 33.2 Å². The van der Waals surface area contributed by atoms with Crippen molar-refractivity contribution in [3.8, 4) is 0 Å². The highest BCUT2D eigenvalue weighted by atomic mass is 16.6. The third kappa shape index (κ3) is 10.7. The van der Waals surface area contributed by atoms with Gasteiger partial charge in [0, 0.05) is 13.2 Å². The molecule has 0 N–H and O–H groups in total. The van der Waals surface area contributed by atoms with Gasteiger partial charge in [0.1, 0.15) is 24.4 Å². The minimum Gasteiger partial charge on any atom is -0.379 e. The van der Waals surface area contributed by atoms with E-state index in [9.17, 15) is 0 Å². The SMILES string of the molecule is C(CCOCC1CO1)COCC1CO1.C=CCC(OC(CC=C)C1CO1)C1CO1. The van der Waals surface area contributed by atoms with E-state index in [4.69, 9.17) is 33.2 Å². The molecular formula is C22H36O7. The van der Waals surface area contributed by atoms with Gasteiger partial charge in [0.05, 0.1) is 51.8 Å². The fourth-order valence-electron chi connectivity index (χ4n) is 2.85. The van der Waals surface area contributed by atoms with Crippen LogP contribution in [0.5, 0.6) is 0 Å². The Morgan fingerprint density at radius 3 is 1.45 bits per heavy atom. The molecule has 4 aliphatic heterocycles. The van der Waals surface area contributed by atoms with E-state index >= 15 is 0 Å². The number of ether oxygens (including phenoxy) is 7. The van der Waals surface area contributed by atoms with Crippen molar-refractivity contribution < 1.29 is 33.2 Å². The molecule has 7 nitrogen and oxygen atoms in total. The zero-order valence-electron chi connectivity index (χ0n) is 17.4. The van der Waals surface area contributed by atoms with Crippen LogP contribution in [0.1, 0.15) is 25.7 Å². The number of epoxide rings is 4. The lowest BCUT2D eigenvalue weighted by Gasteiger charge is -2.20. The summed E-state index contributed by atoms with van der Waals surface area (Å²) >= 11 is 0. The summed E-state index contributed by atoms with van der Waals surface area (Å²) in [5.41, 5.74) is 0. The molecule has 0 spiro atoms. The van der Waals surface area contributed by atoms with Crippen molar-refractivity contribution in [3.05, 3.63) is 25.3 Å². The fourth-order valence-corrected chi connectivity index (χ4v) is 2.85. The molecule has 29 heavy (non-hydrogen) atoms. The van der Waals surface area contributed by atoms with Gasteiger partial charge in [0.2, 0.25) is 0 Å². The van der Waals surface area contributed by atoms with Crippen molar-refractivity contribution in [2.45, 2.75) is 62.3 Å². The molecule has 0 aliphatic carbocycles. The Kier molecular flexibility index (Phi) is 10.1. The van der Waals surface area contributed by atoms with Crippen LogP contribution in [0.25, 0.3) is 0 Å². The van der Waals surface area contributed by atoms with Crippen molar-refractivity contribution in [1.29, 1.82) is 0 Å². The van der Waals surface area contributed by atoms with E-state index in [1.54, 1.807) is 0 Å². The maximum atomic E-state index is 5.99. The quantitative estimate of drug-likeness (QED) is 0.206. The summed E-state index contributed by atoms with van der Waals surface area (Å²) in [5, 5.41) is 0. The monoisotopic (exact) mass is 412 g/mol. The van der Waals surface area contributed by atoms with Gasteiger partial charge in [-0.2, -0.15) is 0 Å². The largest absolute Gasteiger partial charge is 0.379 e. The highest BCUT2D eigenvalue weighted by Crippen LogP contribution is 2.27. The van der Waals surface area contributed by atoms with Gasteiger partial charge >= 0.3 is 0 Å². The Balaban J connectivity index is 0.000000166. The van der Waals surface area contributed by atoms with Crippen LogP contribution in [0.4, 0.5) is 0 Å². The van der Waals surface area contributed by atoms with Gasteiger partial charge in [0.15, 0.2) is 0 Å². The summed E-state index contributed by atoms with van der Waals surface area (Å²) in [4.78, 5) is 0. The fraction of sp³-hybridized carbons (Fsp3) is 0.818. The summed E-state index contributed by atoms with van der Waals surface area (Å²) in [6, 6.07) is 0. The highest BCUT2D eigenvalue weighted by molar-refractivity contribution is 4.91. The van der Waals surface area contributed by atoms with Crippen LogP contribution >= 0.6 is 0 Å². The van der Waals surface area contributed by atoms with Crippen LogP contribution in [0.3, 0.4) is 0 Å². The molecule has 6 unspecified atom stereocenters. The first-order valence-corrected chi connectivity index (χ1v) is 10.8. The number of hydrogen-bond donors (Lipinski definition) is 0. The van der Waals surface area contributed by atoms with E-state index < -0.39 is 0 Å². The zero-order valence-corrected chi connectivity index (χ0v) is 17.4. The van der Waals surface area contributed by atoms with Crippen LogP contribution < -0.4 is 0 Å². The predicted octanol–water partition coefficient (Wildman–Crippen LogP) is 2.29. The van der Waals surface area contributed by atoms with Crippen LogP contribution in [0.15, 0.2) is 25.3 Å². The summed E-state index contributed by atoms with van der Waals surface area (Å²) in [6.07, 6.45) is 9.14. The normalized spacial score (nSPS) is 30.5. The van der Waals surface area contributed by atoms with Crippen LogP contribution in [0.2, 0.25) is 0 Å². The Morgan fingerprint density at radius 2 is 1.14 bits per heavy atom. The average molecular weight is 413 g/mol. The third-order valence-corrected chi connectivity index (χ3v) is 4.93. The van der Waals surface area contributed by atoms with Gasteiger partial charge in [-0.25, -0.2) is 0 Å². The maximum Gasteiger partial charge on any atom is 0.107 e. The van der Waals surface area contributed by atoms with Crippen molar-refractivity contribution in [2.75, 3.05) is 52.9 Å². The lowest BCUT2D eigenvalue weighted by atomic mass is 10.1. The van der Waals surface area contributed by atoms with E-state index in [-0.39, 0.29) is 24.4 Å². The molecule has 0 amide bonds. The first-order valence-electron chi connectivity index (χ1n) is 10.8. The molecule has 4 heterocycles. The van der Waals surface area contributed by atoms with E-state index in [0.29, 0.717) is 12.2 Å². The molecule has 4 saturated heterocycles. The Hall–Kier alpha value is -0.800. The van der Waals surface area contributed by atoms with E-state index in [0.717, 1.165) is 78.5 Å². The second kappa shape index (κ2) is 12.8. The summed E-state index contributed by atoms with van der Waals surface area (Å²) in [6.45, 7) is 14.0. The first-order chi connectivity index (χ1) is 14.3. The van der Waals surface area contributed by atoms with Gasteiger partial charge < -0.3 is 33.2 Å². The van der Waals surface area contributed by atoms with E-state index in [1.165, 1.54) is 0 Å². The molecule has 6 atom stereocenters. The Bertz CT molecular complexity index is 428. The molecule has 4 fully saturated rings. The van der Waals surface area contributed by atoms with E-state index in [2.05, 4.69) is 13.2 Å². The number of hydrogen-bond acceptors (Lipinski definition) is 7. The molecule has 0 saturated carbocycles. The van der Waals surface area contributed by atoms with E-state index in [1.807, 2.05) is 12.2 Å². The van der Waals surface area contributed by atoms with Gasteiger partial charge in [-0.3, -0.25) is 0 Å². The predicted molar refractivity (Wildman–Crippen MR) is 108 cm³/mol.